The number of carbonyl (C=O) groups excluding carboxylic acids is 2. The Labute approximate surface area is 158 Å². The maximum absolute atomic E-state index is 12.7. The zero-order valence-corrected chi connectivity index (χ0v) is 15.6. The van der Waals surface area contributed by atoms with E-state index in [0.717, 1.165) is 25.9 Å². The molecule has 3 saturated heterocycles. The molecule has 0 radical (unpaired) electrons. The monoisotopic (exact) mass is 368 g/mol. The summed E-state index contributed by atoms with van der Waals surface area (Å²) in [5.41, 5.74) is 1.31. The number of hydrogen-bond acceptors (Lipinski definition) is 5. The molecular formula is C20H24N4O3. The molecule has 0 unspecified atom stereocenters. The number of benzene rings is 1. The van der Waals surface area contributed by atoms with Gasteiger partial charge in [-0.3, -0.25) is 14.5 Å². The van der Waals surface area contributed by atoms with E-state index in [4.69, 9.17) is 4.42 Å². The first-order valence-corrected chi connectivity index (χ1v) is 9.40. The number of rotatable bonds is 4. The summed E-state index contributed by atoms with van der Waals surface area (Å²) in [5, 5.41) is 5.89. The van der Waals surface area contributed by atoms with Crippen LogP contribution in [-0.4, -0.2) is 46.9 Å². The molecule has 0 aliphatic carbocycles. The molecule has 0 saturated carbocycles. The largest absolute Gasteiger partial charge is 0.432 e. The molecule has 1 aromatic heterocycles. The van der Waals surface area contributed by atoms with Crippen molar-refractivity contribution in [3.63, 3.8) is 0 Å². The fourth-order valence-corrected chi connectivity index (χ4v) is 4.26. The van der Waals surface area contributed by atoms with E-state index in [1.165, 1.54) is 13.1 Å². The molecule has 4 heterocycles. The lowest BCUT2D eigenvalue weighted by molar-refractivity contribution is -0.114. The van der Waals surface area contributed by atoms with Crippen LogP contribution in [0.15, 0.2) is 34.9 Å². The summed E-state index contributed by atoms with van der Waals surface area (Å²) in [4.78, 5) is 30.7. The highest BCUT2D eigenvalue weighted by Crippen LogP contribution is 2.32. The van der Waals surface area contributed by atoms with Crippen LogP contribution >= 0.6 is 0 Å². The molecule has 2 aromatic rings. The minimum absolute atomic E-state index is 0.0475. The van der Waals surface area contributed by atoms with Crippen LogP contribution in [0, 0.1) is 5.92 Å². The third-order valence-corrected chi connectivity index (χ3v) is 5.68. The quantitative estimate of drug-likeness (QED) is 0.866. The van der Waals surface area contributed by atoms with Crippen LogP contribution < -0.4 is 10.6 Å². The minimum atomic E-state index is -0.288. The van der Waals surface area contributed by atoms with Crippen LogP contribution in [0.25, 0.3) is 11.3 Å². The van der Waals surface area contributed by atoms with Gasteiger partial charge in [0.15, 0.2) is 5.76 Å². The lowest BCUT2D eigenvalue weighted by Gasteiger charge is -2.49. The Hall–Kier alpha value is -2.67. The second-order valence-corrected chi connectivity index (χ2v) is 7.37. The van der Waals surface area contributed by atoms with E-state index in [9.17, 15) is 9.59 Å². The molecule has 3 fully saturated rings. The molecule has 0 spiro atoms. The van der Waals surface area contributed by atoms with Crippen LogP contribution in [0.4, 0.5) is 5.69 Å². The summed E-state index contributed by atoms with van der Waals surface area (Å²) < 4.78 is 5.72. The predicted octanol–water partition coefficient (Wildman–Crippen LogP) is 2.51. The Kier molecular flexibility index (Phi) is 4.70. The summed E-state index contributed by atoms with van der Waals surface area (Å²) in [6.45, 7) is 5.84. The van der Waals surface area contributed by atoms with E-state index in [2.05, 4.69) is 27.4 Å². The molecule has 7 nitrogen and oxygen atoms in total. The van der Waals surface area contributed by atoms with Gasteiger partial charge in [0.05, 0.1) is 11.9 Å². The first-order valence-electron chi connectivity index (χ1n) is 9.40. The molecular weight excluding hydrogens is 344 g/mol. The maximum atomic E-state index is 12.7. The van der Waals surface area contributed by atoms with Crippen LogP contribution in [0.1, 0.15) is 37.4 Å². The fourth-order valence-electron chi connectivity index (χ4n) is 4.26. The van der Waals surface area contributed by atoms with Crippen molar-refractivity contribution in [1.29, 1.82) is 0 Å². The number of para-hydroxylation sites is 1. The SMILES string of the molecule is CC(=O)Nc1ccccc1-c1cnc(C(=O)N[C@@H]2C3CCN(CC3)[C@H]2C)o1. The first kappa shape index (κ1) is 17.7. The van der Waals surface area contributed by atoms with Crippen molar-refractivity contribution in [1.82, 2.24) is 15.2 Å². The molecule has 7 heteroatoms. The Balaban J connectivity index is 1.51. The molecule has 2 bridgehead atoms. The molecule has 27 heavy (non-hydrogen) atoms. The van der Waals surface area contributed by atoms with Crippen LogP contribution in [0.5, 0.6) is 0 Å². The highest BCUT2D eigenvalue weighted by Gasteiger charge is 2.40. The molecule has 2 amide bonds. The maximum Gasteiger partial charge on any atom is 0.307 e. The number of piperidine rings is 3. The molecule has 1 aromatic carbocycles. The van der Waals surface area contributed by atoms with Gasteiger partial charge in [-0.25, -0.2) is 4.98 Å². The van der Waals surface area contributed by atoms with E-state index >= 15 is 0 Å². The first-order chi connectivity index (χ1) is 13.0. The average Bonchev–Trinajstić information content (AvgIpc) is 3.15. The van der Waals surface area contributed by atoms with Crippen molar-refractivity contribution in [3.8, 4) is 11.3 Å². The molecule has 3 aliphatic heterocycles. The Morgan fingerprint density at radius 3 is 2.67 bits per heavy atom. The van der Waals surface area contributed by atoms with Gasteiger partial charge in [-0.1, -0.05) is 12.1 Å². The highest BCUT2D eigenvalue weighted by molar-refractivity contribution is 5.94. The molecule has 2 N–H and O–H groups in total. The van der Waals surface area contributed by atoms with E-state index < -0.39 is 0 Å². The number of anilines is 1. The second-order valence-electron chi connectivity index (χ2n) is 7.37. The zero-order chi connectivity index (χ0) is 19.0. The van der Waals surface area contributed by atoms with Crippen molar-refractivity contribution in [2.45, 2.75) is 38.8 Å². The normalized spacial score (nSPS) is 26.6. The van der Waals surface area contributed by atoms with Gasteiger partial charge in [-0.2, -0.15) is 0 Å². The zero-order valence-electron chi connectivity index (χ0n) is 15.6. The Bertz CT molecular complexity index is 852. The van der Waals surface area contributed by atoms with Crippen LogP contribution in [-0.2, 0) is 4.79 Å². The van der Waals surface area contributed by atoms with E-state index in [-0.39, 0.29) is 23.7 Å². The third-order valence-electron chi connectivity index (χ3n) is 5.68. The molecule has 3 aliphatic rings. The average molecular weight is 368 g/mol. The van der Waals surface area contributed by atoms with Gasteiger partial charge in [0.2, 0.25) is 5.91 Å². The van der Waals surface area contributed by atoms with Gasteiger partial charge in [0, 0.05) is 24.6 Å². The van der Waals surface area contributed by atoms with E-state index in [1.807, 2.05) is 18.2 Å². The van der Waals surface area contributed by atoms with E-state index in [0.29, 0.717) is 29.0 Å². The Morgan fingerprint density at radius 2 is 1.96 bits per heavy atom. The van der Waals surface area contributed by atoms with Gasteiger partial charge in [-0.05, 0) is 50.9 Å². The number of nitrogens with zero attached hydrogens (tertiary/aromatic N) is 2. The lowest BCUT2D eigenvalue weighted by Crippen LogP contribution is -2.62. The predicted molar refractivity (Wildman–Crippen MR) is 101 cm³/mol. The summed E-state index contributed by atoms with van der Waals surface area (Å²) in [6.07, 6.45) is 3.77. The van der Waals surface area contributed by atoms with Crippen LogP contribution in [0.2, 0.25) is 0 Å². The van der Waals surface area contributed by atoms with Crippen LogP contribution in [0.3, 0.4) is 0 Å². The van der Waals surface area contributed by atoms with Crippen molar-refractivity contribution in [3.05, 3.63) is 36.4 Å². The fraction of sp³-hybridized carbons (Fsp3) is 0.450. The van der Waals surface area contributed by atoms with Gasteiger partial charge < -0.3 is 15.1 Å². The highest BCUT2D eigenvalue weighted by atomic mass is 16.4. The number of amides is 2. The Morgan fingerprint density at radius 1 is 1.22 bits per heavy atom. The standard InChI is InChI=1S/C20H24N4O3/c1-12-18(14-7-9-24(12)10-8-14)23-19(26)20-21-11-17(27-20)15-5-3-4-6-16(15)22-13(2)25/h3-6,11-12,14,18H,7-10H2,1-2H3,(H,22,25)(H,23,26)/t12-,18-/m0/s1. The molecule has 5 rings (SSSR count). The minimum Gasteiger partial charge on any atom is -0.432 e. The van der Waals surface area contributed by atoms with Crippen molar-refractivity contribution in [2.24, 2.45) is 5.92 Å². The van der Waals surface area contributed by atoms with Crippen molar-refractivity contribution in [2.75, 3.05) is 18.4 Å². The van der Waals surface area contributed by atoms with Crippen molar-refractivity contribution >= 4 is 17.5 Å². The van der Waals surface area contributed by atoms with Gasteiger partial charge in [0.25, 0.3) is 5.89 Å². The van der Waals surface area contributed by atoms with Gasteiger partial charge >= 0.3 is 5.91 Å². The number of carbonyl (C=O) groups is 2. The lowest BCUT2D eigenvalue weighted by atomic mass is 9.79. The summed E-state index contributed by atoms with van der Waals surface area (Å²) in [5.74, 6) is 0.557. The van der Waals surface area contributed by atoms with Gasteiger partial charge in [0.1, 0.15) is 0 Å². The van der Waals surface area contributed by atoms with Crippen molar-refractivity contribution < 1.29 is 14.0 Å². The van der Waals surface area contributed by atoms with E-state index in [1.54, 1.807) is 6.07 Å². The third kappa shape index (κ3) is 3.47. The van der Waals surface area contributed by atoms with Gasteiger partial charge in [-0.15, -0.1) is 0 Å². The molecule has 142 valence electrons. The summed E-state index contributed by atoms with van der Waals surface area (Å²) in [6, 6.07) is 7.74. The topological polar surface area (TPSA) is 87.5 Å². The number of hydrogen-bond donors (Lipinski definition) is 2. The summed E-state index contributed by atoms with van der Waals surface area (Å²) >= 11 is 0. The number of oxazole rings is 1. The second kappa shape index (κ2) is 7.15. The molecule has 2 atom stereocenters. The smallest absolute Gasteiger partial charge is 0.307 e. The number of fused-ring (bicyclic) bond motifs is 3. The number of nitrogens with one attached hydrogen (secondary N) is 2. The number of aromatic nitrogens is 1. The summed E-state index contributed by atoms with van der Waals surface area (Å²) in [7, 11) is 0.